The normalized spacial score (nSPS) is 14.6. The summed E-state index contributed by atoms with van der Waals surface area (Å²) in [5, 5.41) is 0. The maximum Gasteiger partial charge on any atom is 0.270 e. The smallest absolute Gasteiger partial charge is 0.270 e. The van der Waals surface area contributed by atoms with Crippen LogP contribution in [0.15, 0.2) is 29.1 Å². The van der Waals surface area contributed by atoms with Gasteiger partial charge in [-0.3, -0.25) is 4.79 Å². The average molecular weight is 337 g/mol. The minimum Gasteiger partial charge on any atom is -0.339 e. The highest BCUT2D eigenvalue weighted by atomic mass is 79.9. The second-order valence-electron chi connectivity index (χ2n) is 5.30. The van der Waals surface area contributed by atoms with Gasteiger partial charge < -0.3 is 14.0 Å². The molecule has 0 aromatic carbocycles. The second kappa shape index (κ2) is 5.09. The largest absolute Gasteiger partial charge is 0.339 e. The predicted molar refractivity (Wildman–Crippen MR) is 79.4 cm³/mol. The minimum atomic E-state index is 0.0330. The van der Waals surface area contributed by atoms with Crippen LogP contribution in [0, 0.1) is 0 Å². The van der Waals surface area contributed by atoms with Gasteiger partial charge >= 0.3 is 0 Å². The van der Waals surface area contributed by atoms with Crippen LogP contribution in [0.5, 0.6) is 0 Å². The summed E-state index contributed by atoms with van der Waals surface area (Å²) in [6.07, 6.45) is 7.95. The first-order valence-corrected chi connectivity index (χ1v) is 7.44. The Morgan fingerprint density at radius 1 is 1.55 bits per heavy atom. The third-order valence-electron chi connectivity index (χ3n) is 3.62. The number of nitrogens with zero attached hydrogens (tertiary/aromatic N) is 4. The van der Waals surface area contributed by atoms with Gasteiger partial charge in [0, 0.05) is 43.2 Å². The molecule has 1 aliphatic rings. The molecule has 0 radical (unpaired) electrons. The maximum atomic E-state index is 12.6. The Balaban J connectivity index is 1.80. The lowest BCUT2D eigenvalue weighted by Crippen LogP contribution is -2.29. The number of carbonyl (C=O) groups is 1. The van der Waals surface area contributed by atoms with E-state index in [0.29, 0.717) is 12.6 Å². The molecule has 0 saturated heterocycles. The van der Waals surface area contributed by atoms with Crippen LogP contribution in [0.4, 0.5) is 0 Å². The monoisotopic (exact) mass is 336 g/mol. The molecule has 106 valence electrons. The van der Waals surface area contributed by atoms with Crippen LogP contribution in [0.3, 0.4) is 0 Å². The van der Waals surface area contributed by atoms with E-state index in [4.69, 9.17) is 0 Å². The fourth-order valence-corrected chi connectivity index (χ4v) is 2.74. The molecule has 20 heavy (non-hydrogen) atoms. The fourth-order valence-electron chi connectivity index (χ4n) is 2.30. The van der Waals surface area contributed by atoms with E-state index < -0.39 is 0 Å². The summed E-state index contributed by atoms with van der Waals surface area (Å²) < 4.78 is 4.97. The van der Waals surface area contributed by atoms with E-state index in [1.54, 1.807) is 11.1 Å². The molecule has 1 saturated carbocycles. The SMILES string of the molecule is CN(Cc1nccn1C)C(=O)c1cc(Br)cn1C1CC1. The van der Waals surface area contributed by atoms with E-state index in [2.05, 4.69) is 25.5 Å². The molecule has 0 bridgehead atoms. The van der Waals surface area contributed by atoms with Crippen LogP contribution in [-0.2, 0) is 13.6 Å². The van der Waals surface area contributed by atoms with Crippen LogP contribution in [0.2, 0.25) is 0 Å². The zero-order chi connectivity index (χ0) is 14.3. The van der Waals surface area contributed by atoms with Crippen LogP contribution in [-0.4, -0.2) is 32.0 Å². The van der Waals surface area contributed by atoms with Crippen LogP contribution < -0.4 is 0 Å². The molecule has 0 spiro atoms. The van der Waals surface area contributed by atoms with Crippen molar-refractivity contribution in [1.29, 1.82) is 0 Å². The number of aryl methyl sites for hydroxylation is 1. The first-order valence-electron chi connectivity index (χ1n) is 6.65. The Hall–Kier alpha value is -1.56. The van der Waals surface area contributed by atoms with Gasteiger partial charge in [-0.25, -0.2) is 4.98 Å². The summed E-state index contributed by atoms with van der Waals surface area (Å²) in [7, 11) is 3.75. The first-order chi connectivity index (χ1) is 9.56. The van der Waals surface area contributed by atoms with Crippen LogP contribution >= 0.6 is 15.9 Å². The molecule has 1 aliphatic carbocycles. The molecular weight excluding hydrogens is 320 g/mol. The third-order valence-corrected chi connectivity index (χ3v) is 4.05. The first kappa shape index (κ1) is 13.4. The van der Waals surface area contributed by atoms with E-state index in [9.17, 15) is 4.79 Å². The number of hydrogen-bond donors (Lipinski definition) is 0. The van der Waals surface area contributed by atoms with E-state index >= 15 is 0 Å². The summed E-state index contributed by atoms with van der Waals surface area (Å²) in [5.74, 6) is 0.912. The van der Waals surface area contributed by atoms with Crippen molar-refractivity contribution in [3.05, 3.63) is 40.6 Å². The Kier molecular flexibility index (Phi) is 3.41. The molecule has 2 aromatic rings. The number of carbonyl (C=O) groups excluding carboxylic acids is 1. The maximum absolute atomic E-state index is 12.6. The average Bonchev–Trinajstić information content (AvgIpc) is 3.08. The Labute approximate surface area is 126 Å². The second-order valence-corrected chi connectivity index (χ2v) is 6.21. The molecule has 2 aromatic heterocycles. The zero-order valence-electron chi connectivity index (χ0n) is 11.6. The van der Waals surface area contributed by atoms with Gasteiger partial charge in [0.25, 0.3) is 5.91 Å². The molecule has 3 rings (SSSR count). The van der Waals surface area contributed by atoms with Crippen LogP contribution in [0.1, 0.15) is 35.2 Å². The molecule has 2 heterocycles. The van der Waals surface area contributed by atoms with E-state index in [1.165, 1.54) is 0 Å². The number of amides is 1. The van der Waals surface area contributed by atoms with Crippen molar-refractivity contribution >= 4 is 21.8 Å². The van der Waals surface area contributed by atoms with Gasteiger partial charge in [0.05, 0.1) is 6.54 Å². The highest BCUT2D eigenvalue weighted by Crippen LogP contribution is 2.37. The summed E-state index contributed by atoms with van der Waals surface area (Å²) in [4.78, 5) is 18.6. The topological polar surface area (TPSA) is 43.1 Å². The molecule has 0 unspecified atom stereocenters. The Morgan fingerprint density at radius 3 is 2.90 bits per heavy atom. The molecule has 1 fully saturated rings. The van der Waals surface area contributed by atoms with Gasteiger partial charge in [-0.15, -0.1) is 0 Å². The number of aromatic nitrogens is 3. The summed E-state index contributed by atoms with van der Waals surface area (Å²) in [6, 6.07) is 2.39. The van der Waals surface area contributed by atoms with Gasteiger partial charge in [0.1, 0.15) is 11.5 Å². The van der Waals surface area contributed by atoms with Gasteiger partial charge in [0.2, 0.25) is 0 Å². The molecular formula is C14H17BrN4O. The molecule has 5 nitrogen and oxygen atoms in total. The molecule has 0 N–H and O–H groups in total. The molecule has 1 amide bonds. The number of rotatable bonds is 4. The van der Waals surface area contributed by atoms with Gasteiger partial charge in [-0.2, -0.15) is 0 Å². The Bertz CT molecular complexity index is 641. The van der Waals surface area contributed by atoms with Crippen molar-refractivity contribution in [3.8, 4) is 0 Å². The van der Waals surface area contributed by atoms with E-state index in [1.807, 2.05) is 37.1 Å². The predicted octanol–water partition coefficient (Wildman–Crippen LogP) is 2.59. The third kappa shape index (κ3) is 2.52. The van der Waals surface area contributed by atoms with Gasteiger partial charge in [-0.05, 0) is 34.8 Å². The van der Waals surface area contributed by atoms with Crippen molar-refractivity contribution in [1.82, 2.24) is 19.0 Å². The lowest BCUT2D eigenvalue weighted by atomic mass is 10.3. The van der Waals surface area contributed by atoms with Crippen LogP contribution in [0.25, 0.3) is 0 Å². The molecule has 0 aliphatic heterocycles. The van der Waals surface area contributed by atoms with E-state index in [0.717, 1.165) is 28.8 Å². The number of halogens is 1. The number of imidazole rings is 1. The molecule has 6 heteroatoms. The molecule has 0 atom stereocenters. The lowest BCUT2D eigenvalue weighted by Gasteiger charge is -2.18. The van der Waals surface area contributed by atoms with Crippen molar-refractivity contribution in [2.75, 3.05) is 7.05 Å². The van der Waals surface area contributed by atoms with E-state index in [-0.39, 0.29) is 5.91 Å². The lowest BCUT2D eigenvalue weighted by molar-refractivity contribution is 0.0769. The zero-order valence-corrected chi connectivity index (χ0v) is 13.2. The Morgan fingerprint density at radius 2 is 2.30 bits per heavy atom. The summed E-state index contributed by atoms with van der Waals surface area (Å²) >= 11 is 3.46. The van der Waals surface area contributed by atoms with Gasteiger partial charge in [0.15, 0.2) is 0 Å². The highest BCUT2D eigenvalue weighted by molar-refractivity contribution is 9.10. The fraction of sp³-hybridized carbons (Fsp3) is 0.429. The van der Waals surface area contributed by atoms with Crippen molar-refractivity contribution in [2.45, 2.75) is 25.4 Å². The standard InChI is InChI=1S/C14H17BrN4O/c1-17-6-5-16-13(17)9-18(2)14(20)12-7-10(15)8-19(12)11-3-4-11/h5-8,11H,3-4,9H2,1-2H3. The number of hydrogen-bond acceptors (Lipinski definition) is 2. The summed E-state index contributed by atoms with van der Waals surface area (Å²) in [5.41, 5.74) is 0.746. The van der Waals surface area contributed by atoms with Crippen molar-refractivity contribution in [2.24, 2.45) is 7.05 Å². The van der Waals surface area contributed by atoms with Gasteiger partial charge in [-0.1, -0.05) is 0 Å². The quantitative estimate of drug-likeness (QED) is 0.861. The summed E-state index contributed by atoms with van der Waals surface area (Å²) in [6.45, 7) is 0.510. The minimum absolute atomic E-state index is 0.0330. The highest BCUT2D eigenvalue weighted by Gasteiger charge is 2.29. The van der Waals surface area contributed by atoms with Crippen molar-refractivity contribution in [3.63, 3.8) is 0 Å². The van der Waals surface area contributed by atoms with Crippen molar-refractivity contribution < 1.29 is 4.79 Å².